The largest absolute Gasteiger partial charge is 0.361 e. The molecule has 0 radical (unpaired) electrons. The molecule has 1 fully saturated rings. The zero-order valence-electron chi connectivity index (χ0n) is 20.9. The maximum Gasteiger partial charge on any atom is 0.257 e. The molecule has 2 amide bonds. The lowest BCUT2D eigenvalue weighted by Crippen LogP contribution is -2.29. The molecule has 5 rings (SSSR count). The summed E-state index contributed by atoms with van der Waals surface area (Å²) in [5.74, 6) is -0.809. The third-order valence-corrected chi connectivity index (χ3v) is 6.97. The number of amides is 2. The highest BCUT2D eigenvalue weighted by atomic mass is 19.1. The van der Waals surface area contributed by atoms with E-state index in [0.717, 1.165) is 30.9 Å². The second-order valence-electron chi connectivity index (χ2n) is 9.70. The molecule has 3 aromatic carbocycles. The molecular formula is C30H31FN4O2. The van der Waals surface area contributed by atoms with Crippen LogP contribution >= 0.6 is 0 Å². The number of nitrogens with one attached hydrogen (secondary N) is 3. The average Bonchev–Trinajstić information content (AvgIpc) is 3.23. The quantitative estimate of drug-likeness (QED) is 0.365. The van der Waals surface area contributed by atoms with Crippen LogP contribution in [0.1, 0.15) is 59.3 Å². The number of likely N-dealkylation sites (tertiary alicyclic amines) is 1. The molecule has 2 aliphatic rings. The lowest BCUT2D eigenvalue weighted by molar-refractivity contribution is -0.110. The molecule has 0 unspecified atom stereocenters. The standard InChI is InChI=1S/C30H31FN4O2/c1-20(22-7-10-24(31)11-8-22)33-29(36)23-9-14-28-26(17-23)27(30(37)34-28)18-32-25-12-5-21(6-13-25)19-35-15-3-2-4-16-35/h5-14,17-18,20,32H,2-4,15-16,19H2,1H3,(H,33,36)(H,34,37)/t20-/m1/s1. The van der Waals surface area contributed by atoms with E-state index in [1.54, 1.807) is 36.5 Å². The number of nitrogens with zero attached hydrogens (tertiary/aromatic N) is 1. The normalized spacial score (nSPS) is 17.2. The van der Waals surface area contributed by atoms with Crippen LogP contribution in [0, 0.1) is 5.82 Å². The molecular weight excluding hydrogens is 467 g/mol. The first-order valence-electron chi connectivity index (χ1n) is 12.8. The van der Waals surface area contributed by atoms with Crippen molar-refractivity contribution in [2.75, 3.05) is 23.7 Å². The Morgan fingerprint density at radius 3 is 2.49 bits per heavy atom. The Balaban J connectivity index is 1.26. The molecule has 190 valence electrons. The Morgan fingerprint density at radius 1 is 1.03 bits per heavy atom. The summed E-state index contributed by atoms with van der Waals surface area (Å²) in [6.45, 7) is 5.12. The van der Waals surface area contributed by atoms with Crippen molar-refractivity contribution < 1.29 is 14.0 Å². The zero-order chi connectivity index (χ0) is 25.8. The molecule has 1 saturated heterocycles. The molecule has 6 nitrogen and oxygen atoms in total. The lowest BCUT2D eigenvalue weighted by atomic mass is 10.0. The minimum Gasteiger partial charge on any atom is -0.361 e. The van der Waals surface area contributed by atoms with Gasteiger partial charge >= 0.3 is 0 Å². The highest BCUT2D eigenvalue weighted by Crippen LogP contribution is 2.33. The summed E-state index contributed by atoms with van der Waals surface area (Å²) < 4.78 is 13.2. The van der Waals surface area contributed by atoms with Crippen molar-refractivity contribution in [3.05, 3.63) is 101 Å². The molecule has 1 atom stereocenters. The van der Waals surface area contributed by atoms with Gasteiger partial charge in [-0.1, -0.05) is 30.7 Å². The average molecular weight is 499 g/mol. The minimum absolute atomic E-state index is 0.221. The molecule has 0 saturated carbocycles. The summed E-state index contributed by atoms with van der Waals surface area (Å²) in [5, 5.41) is 9.02. The molecule has 7 heteroatoms. The van der Waals surface area contributed by atoms with Crippen LogP contribution in [0.2, 0.25) is 0 Å². The molecule has 0 aliphatic carbocycles. The first-order chi connectivity index (χ1) is 18.0. The Labute approximate surface area is 216 Å². The van der Waals surface area contributed by atoms with Gasteiger partial charge in [0.05, 0.1) is 11.6 Å². The Hall–Kier alpha value is -3.97. The van der Waals surface area contributed by atoms with Crippen molar-refractivity contribution in [1.29, 1.82) is 0 Å². The summed E-state index contributed by atoms with van der Waals surface area (Å²) in [4.78, 5) is 28.0. The summed E-state index contributed by atoms with van der Waals surface area (Å²) in [6.07, 6.45) is 5.55. The number of fused-ring (bicyclic) bond motifs is 1. The topological polar surface area (TPSA) is 73.5 Å². The summed E-state index contributed by atoms with van der Waals surface area (Å²) >= 11 is 0. The summed E-state index contributed by atoms with van der Waals surface area (Å²) in [5.41, 5.74) is 5.21. The van der Waals surface area contributed by atoms with E-state index in [9.17, 15) is 14.0 Å². The van der Waals surface area contributed by atoms with E-state index >= 15 is 0 Å². The van der Waals surface area contributed by atoms with Crippen LogP contribution in [-0.2, 0) is 11.3 Å². The van der Waals surface area contributed by atoms with E-state index in [1.807, 2.05) is 19.1 Å². The van der Waals surface area contributed by atoms with E-state index in [1.165, 1.54) is 37.0 Å². The summed E-state index contributed by atoms with van der Waals surface area (Å²) in [6, 6.07) is 19.2. The predicted octanol–water partition coefficient (Wildman–Crippen LogP) is 5.71. The van der Waals surface area contributed by atoms with Gasteiger partial charge in [-0.05, 0) is 86.4 Å². The molecule has 2 heterocycles. The van der Waals surface area contributed by atoms with Crippen LogP contribution < -0.4 is 16.0 Å². The minimum atomic E-state index is -0.320. The molecule has 0 aromatic heterocycles. The van der Waals surface area contributed by atoms with Gasteiger partial charge in [-0.3, -0.25) is 14.5 Å². The van der Waals surface area contributed by atoms with Crippen molar-refractivity contribution in [1.82, 2.24) is 10.2 Å². The summed E-state index contributed by atoms with van der Waals surface area (Å²) in [7, 11) is 0. The van der Waals surface area contributed by atoms with E-state index in [0.29, 0.717) is 22.4 Å². The maximum absolute atomic E-state index is 13.2. The third-order valence-electron chi connectivity index (χ3n) is 6.97. The number of rotatable bonds is 7. The first-order valence-corrected chi connectivity index (χ1v) is 12.8. The molecule has 0 bridgehead atoms. The van der Waals surface area contributed by atoms with Gasteiger partial charge < -0.3 is 16.0 Å². The van der Waals surface area contributed by atoms with Crippen molar-refractivity contribution in [3.8, 4) is 0 Å². The molecule has 2 aliphatic heterocycles. The third kappa shape index (κ3) is 5.89. The van der Waals surface area contributed by atoms with E-state index in [-0.39, 0.29) is 23.7 Å². The van der Waals surface area contributed by atoms with Gasteiger partial charge in [0.1, 0.15) is 5.82 Å². The number of benzene rings is 3. The van der Waals surface area contributed by atoms with Crippen LogP contribution in [0.3, 0.4) is 0 Å². The first kappa shape index (κ1) is 24.7. The van der Waals surface area contributed by atoms with Crippen LogP contribution in [-0.4, -0.2) is 29.8 Å². The van der Waals surface area contributed by atoms with E-state index in [2.05, 4.69) is 33.0 Å². The number of hydrogen-bond acceptors (Lipinski definition) is 4. The van der Waals surface area contributed by atoms with Gasteiger partial charge in [0.25, 0.3) is 11.8 Å². The van der Waals surface area contributed by atoms with Crippen LogP contribution in [0.15, 0.2) is 72.9 Å². The Bertz CT molecular complexity index is 1310. The van der Waals surface area contributed by atoms with Crippen molar-refractivity contribution in [2.45, 2.75) is 38.8 Å². The van der Waals surface area contributed by atoms with Crippen molar-refractivity contribution >= 4 is 28.8 Å². The number of piperidine rings is 1. The zero-order valence-corrected chi connectivity index (χ0v) is 20.9. The van der Waals surface area contributed by atoms with Gasteiger partial charge in [-0.25, -0.2) is 4.39 Å². The number of halogens is 1. The molecule has 0 spiro atoms. The van der Waals surface area contributed by atoms with Gasteiger partial charge in [-0.2, -0.15) is 0 Å². The monoisotopic (exact) mass is 498 g/mol. The maximum atomic E-state index is 13.2. The Morgan fingerprint density at radius 2 is 1.76 bits per heavy atom. The predicted molar refractivity (Wildman–Crippen MR) is 145 cm³/mol. The number of carbonyl (C=O) groups excluding carboxylic acids is 2. The van der Waals surface area contributed by atoms with E-state index < -0.39 is 0 Å². The SMILES string of the molecule is C[C@@H](NC(=O)c1ccc2c(c1)C(=CNc1ccc(CN3CCCCC3)cc1)C(=O)N2)c1ccc(F)cc1. The fourth-order valence-electron chi connectivity index (χ4n) is 4.82. The van der Waals surface area contributed by atoms with Crippen LogP contribution in [0.4, 0.5) is 15.8 Å². The highest BCUT2D eigenvalue weighted by Gasteiger charge is 2.25. The van der Waals surface area contributed by atoms with Gasteiger partial charge in [-0.15, -0.1) is 0 Å². The number of anilines is 2. The van der Waals surface area contributed by atoms with Crippen LogP contribution in [0.5, 0.6) is 0 Å². The number of hydrogen-bond donors (Lipinski definition) is 3. The van der Waals surface area contributed by atoms with Gasteiger partial charge in [0.15, 0.2) is 0 Å². The second-order valence-corrected chi connectivity index (χ2v) is 9.70. The smallest absolute Gasteiger partial charge is 0.257 e. The van der Waals surface area contributed by atoms with Crippen molar-refractivity contribution in [2.24, 2.45) is 0 Å². The fourth-order valence-corrected chi connectivity index (χ4v) is 4.82. The van der Waals surface area contributed by atoms with E-state index in [4.69, 9.17) is 0 Å². The molecule has 3 N–H and O–H groups in total. The van der Waals surface area contributed by atoms with Crippen LogP contribution in [0.25, 0.3) is 5.57 Å². The highest BCUT2D eigenvalue weighted by molar-refractivity contribution is 6.32. The molecule has 3 aromatic rings. The Kier molecular flexibility index (Phi) is 7.32. The molecule has 37 heavy (non-hydrogen) atoms. The lowest BCUT2D eigenvalue weighted by Gasteiger charge is -2.26. The second kappa shape index (κ2) is 11.0. The number of carbonyl (C=O) groups is 2. The fraction of sp³-hybridized carbons (Fsp3) is 0.267. The van der Waals surface area contributed by atoms with Gasteiger partial charge in [0.2, 0.25) is 0 Å². The van der Waals surface area contributed by atoms with Crippen molar-refractivity contribution in [3.63, 3.8) is 0 Å². The van der Waals surface area contributed by atoms with Gasteiger partial charge in [0, 0.05) is 35.2 Å².